The van der Waals surface area contributed by atoms with Crippen LogP contribution in [-0.4, -0.2) is 64.3 Å². The minimum Gasteiger partial charge on any atom is -0.461 e. The summed E-state index contributed by atoms with van der Waals surface area (Å²) in [5.74, 6) is -1.08. The molecule has 0 bridgehead atoms. The van der Waals surface area contributed by atoms with Gasteiger partial charge in [0.2, 0.25) is 10.0 Å². The number of sulfonamides is 1. The molecule has 0 aliphatic carbocycles. The summed E-state index contributed by atoms with van der Waals surface area (Å²) in [4.78, 5) is 26.0. The molecule has 0 aromatic heterocycles. The quantitative estimate of drug-likeness (QED) is 0.160. The molecule has 212 valence electrons. The number of methoxy groups -OCH3 is 2. The molecule has 2 aromatic rings. The summed E-state index contributed by atoms with van der Waals surface area (Å²) in [6.45, 7) is 5.56. The van der Waals surface area contributed by atoms with E-state index in [2.05, 4.69) is 0 Å². The first kappa shape index (κ1) is 30.9. The van der Waals surface area contributed by atoms with Gasteiger partial charge in [0, 0.05) is 26.2 Å². The van der Waals surface area contributed by atoms with Crippen LogP contribution >= 0.6 is 0 Å². The molecular weight excluding hydrogens is 525 g/mol. The maximum absolute atomic E-state index is 13.0. The molecule has 1 heterocycles. The van der Waals surface area contributed by atoms with Gasteiger partial charge in [0.25, 0.3) is 0 Å². The molecular formula is C27H36BNO9S. The van der Waals surface area contributed by atoms with Crippen molar-refractivity contribution >= 4 is 34.4 Å². The monoisotopic (exact) mass is 561 g/mol. The Morgan fingerprint density at radius 1 is 1.08 bits per heavy atom. The first-order valence-corrected chi connectivity index (χ1v) is 14.1. The molecule has 0 radical (unpaired) electrons. The van der Waals surface area contributed by atoms with Gasteiger partial charge >= 0.3 is 13.1 Å². The Morgan fingerprint density at radius 2 is 1.72 bits per heavy atom. The Bertz CT molecular complexity index is 1260. The van der Waals surface area contributed by atoms with E-state index in [9.17, 15) is 23.0 Å². The zero-order valence-electron chi connectivity index (χ0n) is 23.0. The largest absolute Gasteiger partial charge is 0.492 e. The molecule has 0 saturated carbocycles. The summed E-state index contributed by atoms with van der Waals surface area (Å²) in [7, 11) is -2.07. The van der Waals surface area contributed by atoms with Gasteiger partial charge in [-0.25, -0.2) is 8.42 Å². The standard InChI is InChI=1S/C27H36BNO9S/c1-18(2)23(12-13-25(30)24-11-8-21-15-38-28(32)26(21)19(24)3)27(31)37-14-20-6-9-22(10-7-20)39(33,34)29(16-35-4)17-36-5/h6-11,18,23,32H,12-17H2,1-5H3/t23-/m0/s1. The normalized spacial score (nSPS) is 14.1. The predicted molar refractivity (Wildman–Crippen MR) is 144 cm³/mol. The number of nitrogens with zero attached hydrogens (tertiary/aromatic N) is 1. The molecule has 1 atom stereocenters. The maximum atomic E-state index is 13.0. The molecule has 0 fully saturated rings. The zero-order chi connectivity index (χ0) is 28.7. The van der Waals surface area contributed by atoms with E-state index in [1.54, 1.807) is 31.2 Å². The van der Waals surface area contributed by atoms with Gasteiger partial charge in [-0.2, -0.15) is 0 Å². The fourth-order valence-corrected chi connectivity index (χ4v) is 5.85. The Hall–Kier alpha value is -2.61. The van der Waals surface area contributed by atoms with Crippen molar-refractivity contribution in [1.82, 2.24) is 4.31 Å². The van der Waals surface area contributed by atoms with Crippen molar-refractivity contribution in [2.24, 2.45) is 11.8 Å². The van der Waals surface area contributed by atoms with E-state index in [4.69, 9.17) is 18.9 Å². The number of carbonyl (C=O) groups is 2. The summed E-state index contributed by atoms with van der Waals surface area (Å²) in [5.41, 5.74) is 3.35. The molecule has 2 aromatic carbocycles. The van der Waals surface area contributed by atoms with Gasteiger partial charge in [-0.1, -0.05) is 38.1 Å². The molecule has 10 nitrogen and oxygen atoms in total. The van der Waals surface area contributed by atoms with Crippen molar-refractivity contribution in [2.45, 2.75) is 51.7 Å². The number of carbonyl (C=O) groups excluding carboxylic acids is 2. The van der Waals surface area contributed by atoms with E-state index >= 15 is 0 Å². The number of benzene rings is 2. The molecule has 0 unspecified atom stereocenters. The third-order valence-corrected chi connectivity index (χ3v) is 8.59. The molecule has 1 N–H and O–H groups in total. The fourth-order valence-electron chi connectivity index (χ4n) is 4.59. The van der Waals surface area contributed by atoms with Crippen LogP contribution < -0.4 is 5.46 Å². The lowest BCUT2D eigenvalue weighted by molar-refractivity contribution is -0.151. The average Bonchev–Trinajstić information content (AvgIpc) is 3.28. The Kier molecular flexibility index (Phi) is 10.8. The summed E-state index contributed by atoms with van der Waals surface area (Å²) in [6.07, 6.45) is 0.470. The van der Waals surface area contributed by atoms with E-state index in [1.165, 1.54) is 26.4 Å². The average molecular weight is 561 g/mol. The summed E-state index contributed by atoms with van der Waals surface area (Å²) in [6, 6.07) is 9.59. The summed E-state index contributed by atoms with van der Waals surface area (Å²) < 4.78 is 47.4. The van der Waals surface area contributed by atoms with Crippen molar-refractivity contribution in [3.05, 3.63) is 58.7 Å². The molecule has 0 spiro atoms. The second kappa shape index (κ2) is 13.6. The van der Waals surface area contributed by atoms with Gasteiger partial charge in [-0.05, 0) is 53.5 Å². The number of ether oxygens (including phenoxy) is 3. The van der Waals surface area contributed by atoms with Crippen LogP contribution in [0.4, 0.5) is 0 Å². The molecule has 39 heavy (non-hydrogen) atoms. The lowest BCUT2D eigenvalue weighted by atomic mass is 9.74. The van der Waals surface area contributed by atoms with E-state index in [0.29, 0.717) is 35.2 Å². The highest BCUT2D eigenvalue weighted by molar-refractivity contribution is 7.89. The van der Waals surface area contributed by atoms with E-state index in [0.717, 1.165) is 9.87 Å². The van der Waals surface area contributed by atoms with Crippen LogP contribution in [0.15, 0.2) is 41.3 Å². The number of hydrogen-bond donors (Lipinski definition) is 1. The summed E-state index contributed by atoms with van der Waals surface area (Å²) in [5, 5.41) is 10.1. The highest BCUT2D eigenvalue weighted by Crippen LogP contribution is 2.24. The van der Waals surface area contributed by atoms with Crippen molar-refractivity contribution in [2.75, 3.05) is 27.7 Å². The number of fused-ring (bicyclic) bond motifs is 1. The lowest BCUT2D eigenvalue weighted by Gasteiger charge is -2.21. The van der Waals surface area contributed by atoms with Crippen molar-refractivity contribution in [3.8, 4) is 0 Å². The van der Waals surface area contributed by atoms with Gasteiger partial charge < -0.3 is 23.9 Å². The maximum Gasteiger partial charge on any atom is 0.492 e. The van der Waals surface area contributed by atoms with E-state index in [-0.39, 0.29) is 43.1 Å². The first-order valence-electron chi connectivity index (χ1n) is 12.7. The predicted octanol–water partition coefficient (Wildman–Crippen LogP) is 2.39. The smallest absolute Gasteiger partial charge is 0.461 e. The number of esters is 1. The van der Waals surface area contributed by atoms with Gasteiger partial charge in [-0.15, -0.1) is 4.31 Å². The van der Waals surface area contributed by atoms with Gasteiger partial charge in [0.05, 0.1) is 17.4 Å². The van der Waals surface area contributed by atoms with Gasteiger partial charge in [0.1, 0.15) is 20.1 Å². The lowest BCUT2D eigenvalue weighted by Crippen LogP contribution is -2.34. The molecule has 0 saturated heterocycles. The Balaban J connectivity index is 1.60. The summed E-state index contributed by atoms with van der Waals surface area (Å²) >= 11 is 0. The van der Waals surface area contributed by atoms with Crippen molar-refractivity contribution in [1.29, 1.82) is 0 Å². The Morgan fingerprint density at radius 3 is 2.31 bits per heavy atom. The second-order valence-corrected chi connectivity index (χ2v) is 11.8. The number of ketones is 1. The first-order chi connectivity index (χ1) is 18.5. The molecule has 0 amide bonds. The minimum atomic E-state index is -3.82. The molecule has 12 heteroatoms. The van der Waals surface area contributed by atoms with Gasteiger partial charge in [-0.3, -0.25) is 9.59 Å². The molecule has 1 aliphatic rings. The minimum absolute atomic E-state index is 0.0298. The second-order valence-electron chi connectivity index (χ2n) is 9.83. The van der Waals surface area contributed by atoms with Crippen LogP contribution in [0.5, 0.6) is 0 Å². The van der Waals surface area contributed by atoms with Crippen LogP contribution in [0.1, 0.15) is 53.7 Å². The Labute approximate surface area is 230 Å². The number of Topliss-reactive ketones (excluding diaryl/α,β-unsaturated/α-hetero) is 1. The van der Waals surface area contributed by atoms with Crippen molar-refractivity contribution < 1.29 is 41.9 Å². The van der Waals surface area contributed by atoms with Crippen LogP contribution in [0, 0.1) is 18.8 Å². The van der Waals surface area contributed by atoms with Crippen LogP contribution in [0.3, 0.4) is 0 Å². The third-order valence-electron chi connectivity index (χ3n) is 6.83. The van der Waals surface area contributed by atoms with Crippen molar-refractivity contribution in [3.63, 3.8) is 0 Å². The van der Waals surface area contributed by atoms with Gasteiger partial charge in [0.15, 0.2) is 5.78 Å². The molecule has 3 rings (SSSR count). The third kappa shape index (κ3) is 7.33. The highest BCUT2D eigenvalue weighted by atomic mass is 32.2. The zero-order valence-corrected chi connectivity index (χ0v) is 23.8. The SMILES string of the molecule is COCN(COC)S(=O)(=O)c1ccc(COC(=O)[C@@H](CCC(=O)c2ccc3c(c2C)B(O)OC3)C(C)C)cc1. The number of rotatable bonds is 14. The van der Waals surface area contributed by atoms with E-state index < -0.39 is 29.0 Å². The van der Waals surface area contributed by atoms with Crippen LogP contribution in [-0.2, 0) is 46.9 Å². The van der Waals surface area contributed by atoms with E-state index in [1.807, 2.05) is 13.8 Å². The highest BCUT2D eigenvalue weighted by Gasteiger charge is 2.32. The molecule has 1 aliphatic heterocycles. The topological polar surface area (TPSA) is 129 Å². The fraction of sp³-hybridized carbons (Fsp3) is 0.481. The van der Waals surface area contributed by atoms with Crippen LogP contribution in [0.25, 0.3) is 0 Å². The van der Waals surface area contributed by atoms with Crippen LogP contribution in [0.2, 0.25) is 0 Å². The number of hydrogen-bond acceptors (Lipinski definition) is 9.